The molecule has 14 heterocycles. The molecule has 2 amide bonds. The topological polar surface area (TPSA) is 551 Å². The molecule has 41 nitrogen and oxygen atoms in total. The summed E-state index contributed by atoms with van der Waals surface area (Å²) in [7, 11) is 0. The predicted octanol–water partition coefficient (Wildman–Crippen LogP) is 6.10. The number of nitrogens with two attached hydrogens (primary N) is 2. The summed E-state index contributed by atoms with van der Waals surface area (Å²) in [6, 6.07) is 12.1. The zero-order valence-electron chi connectivity index (χ0n) is 61.3. The van der Waals surface area contributed by atoms with E-state index in [1.165, 1.54) is 18.3 Å². The molecule has 4 bridgehead atoms. The molecule has 626 valence electrons. The number of nitrogen functional groups attached to an aromatic ring is 2. The first-order chi connectivity index (χ1) is 55.8. The fourth-order valence-electron chi connectivity index (χ4n) is 13.3. The van der Waals surface area contributed by atoms with Crippen LogP contribution < -0.4 is 39.4 Å². The lowest BCUT2D eigenvalue weighted by Crippen LogP contribution is -2.44. The molecule has 13 N–H and O–H groups in total. The quantitative estimate of drug-likeness (QED) is 0.0257. The number of hydrogen-bond acceptors (Lipinski definition) is 35. The van der Waals surface area contributed by atoms with Gasteiger partial charge in [-0.2, -0.15) is 20.5 Å². The summed E-state index contributed by atoms with van der Waals surface area (Å²) >= 11 is 22.5. The normalized spacial score (nSPS) is 31.3. The number of imidazole rings is 2. The number of carbonyl (C=O) groups is 2. The number of H-pyrrole nitrogens is 2. The molecular formula is C65H69F4N21O20P4S4. The Balaban J connectivity index is 0.000000216. The second-order valence-electron chi connectivity index (χ2n) is 26.8. The summed E-state index contributed by atoms with van der Waals surface area (Å²) in [6.07, 6.45) is -0.655. The number of terminal acetylenes is 2. The Bertz CT molecular complexity index is 5880. The van der Waals surface area contributed by atoms with E-state index in [4.69, 9.17) is 136 Å². The van der Waals surface area contributed by atoms with Crippen molar-refractivity contribution in [3.8, 4) is 36.8 Å². The van der Waals surface area contributed by atoms with E-state index in [-0.39, 0.29) is 113 Å². The molecule has 6 aliphatic rings. The van der Waals surface area contributed by atoms with Crippen LogP contribution >= 0.6 is 26.4 Å². The fraction of sp³-hybridized carbons (Fsp3) is 0.446. The van der Waals surface area contributed by atoms with Crippen LogP contribution in [0.4, 0.5) is 41.1 Å². The van der Waals surface area contributed by atoms with E-state index < -0.39 is 191 Å². The summed E-state index contributed by atoms with van der Waals surface area (Å²) in [4.78, 5) is 111. The van der Waals surface area contributed by atoms with Gasteiger partial charge < -0.3 is 97.4 Å². The van der Waals surface area contributed by atoms with Gasteiger partial charge in [-0.3, -0.25) is 52.6 Å². The molecular weight excluding hydrogens is 1720 g/mol. The maximum absolute atomic E-state index is 17.0. The smallest absolute Gasteiger partial charge is 0.327 e. The number of hydrogen-bond donors (Lipinski definition) is 9. The van der Waals surface area contributed by atoms with Gasteiger partial charge in [-0.15, -0.1) is 12.8 Å². The third-order valence-electron chi connectivity index (χ3n) is 18.8. The van der Waals surface area contributed by atoms with Gasteiger partial charge in [0.2, 0.25) is 30.8 Å². The molecule has 0 radical (unpaired) electrons. The molecule has 8 aromatic heterocycles. The van der Waals surface area contributed by atoms with E-state index in [1.54, 1.807) is 44.2 Å². The Morgan fingerprint density at radius 1 is 0.703 bits per heavy atom. The number of nitrogens with zero attached hydrogens (tertiary/aromatic N) is 14. The van der Waals surface area contributed by atoms with Crippen LogP contribution in [0.1, 0.15) is 74.8 Å². The van der Waals surface area contributed by atoms with Gasteiger partial charge in [0, 0.05) is 36.7 Å². The number of nitrogens with one attached hydrogen (secondary N) is 4. The second-order valence-corrected chi connectivity index (χ2v) is 39.7. The van der Waals surface area contributed by atoms with Crippen LogP contribution in [-0.4, -0.2) is 202 Å². The first-order valence-electron chi connectivity index (χ1n) is 34.9. The zero-order valence-corrected chi connectivity index (χ0v) is 68.1. The van der Waals surface area contributed by atoms with Crippen molar-refractivity contribution in [1.82, 2.24) is 74.3 Å². The van der Waals surface area contributed by atoms with Gasteiger partial charge in [-0.05, 0) is 59.4 Å². The summed E-state index contributed by atoms with van der Waals surface area (Å²) < 4.78 is 154. The van der Waals surface area contributed by atoms with Crippen LogP contribution in [0.2, 0.25) is 0 Å². The van der Waals surface area contributed by atoms with Crippen molar-refractivity contribution in [2.24, 2.45) is 5.92 Å². The van der Waals surface area contributed by atoms with Crippen LogP contribution in [0.5, 0.6) is 0 Å². The van der Waals surface area contributed by atoms with Crippen LogP contribution in [0.25, 0.3) is 44.4 Å². The Labute approximate surface area is 683 Å². The number of ether oxygens (including phenoxy) is 6. The van der Waals surface area contributed by atoms with Gasteiger partial charge in [-0.25, -0.2) is 47.5 Å². The minimum atomic E-state index is -4.42. The van der Waals surface area contributed by atoms with Crippen molar-refractivity contribution in [2.75, 3.05) is 74.4 Å². The number of anilines is 4. The van der Waals surface area contributed by atoms with Crippen LogP contribution in [0.15, 0.2) is 77.6 Å². The van der Waals surface area contributed by atoms with Crippen molar-refractivity contribution >= 4 is 153 Å². The number of nitriles is 2. The van der Waals surface area contributed by atoms with Gasteiger partial charge in [0.15, 0.2) is 81.3 Å². The number of halogens is 4. The fourth-order valence-corrected chi connectivity index (χ4v) is 20.6. The Hall–Kier alpha value is -8.56. The van der Waals surface area contributed by atoms with E-state index in [9.17, 15) is 43.9 Å². The minimum Gasteiger partial charge on any atom is -0.383 e. The number of amides is 2. The molecule has 6 saturated heterocycles. The number of rotatable bonds is 14. The lowest BCUT2D eigenvalue weighted by molar-refractivity contribution is -0.119. The molecule has 0 aliphatic carbocycles. The standard InChI is InChI=1S/C41H41F2N11O11P2S2.C24H25F2N9O9P2S2.H3N/c1-4-41-19-61-67(69,60-15-9-13-45)65-32-30(43)26(62-39(32)54-21-48-31-35(54)50-40(52-38(31)57)51-36(55)23(2)3)18-58-22-66(68,59-14-8-12-44)64-27(41)16-28(63-41)53-17-25(42)29-33(46-20-47-34(29)53)49-37(56)24-10-6-5-7-11-24;1-2-24-6-40-46(38,48)44-17-15(26)11(41-22(17)35-8-31-16-20(35)32-23(28)33-21(16)36)5-39-9-45(37,47)43-12(24)3-13(42-24)34-4-10(25)14-18(27)29-7-30-19(14)34;/h1,5-7,10-11,17,20-21,23,26-28,30,32,39H,8-9,14-16,18-19,22H2,2-3H3,(H,46,47,49,56)(H2,50,51,52,55,57);1,4,7-8,11-13,15,17,22H,3,5-6,9H2,(H,37,47)(H,38,48)(H2,27,29,30)(H3,28,32,33,36);1H3/t26-,27+,28-,30-,32-,39-,41-,66?,67?;11-,12+,13-,15-,17-,22-,24-,45?,46?;/m11./s1. The summed E-state index contributed by atoms with van der Waals surface area (Å²) in [5.74, 6) is 1.23. The molecule has 1 aromatic carbocycles. The number of carbonyl (C=O) groups excluding carboxylic acids is 2. The number of aromatic nitrogens is 14. The number of aromatic amines is 2. The van der Waals surface area contributed by atoms with Crippen LogP contribution in [0, 0.1) is 64.9 Å². The average Bonchev–Trinajstić information content (AvgIpc) is 1.61. The molecule has 9 aromatic rings. The van der Waals surface area contributed by atoms with Crippen molar-refractivity contribution in [3.63, 3.8) is 0 Å². The van der Waals surface area contributed by atoms with Crippen molar-refractivity contribution in [1.29, 1.82) is 10.5 Å². The van der Waals surface area contributed by atoms with Gasteiger partial charge >= 0.3 is 13.4 Å². The molecule has 118 heavy (non-hydrogen) atoms. The van der Waals surface area contributed by atoms with Crippen molar-refractivity contribution in [3.05, 3.63) is 106 Å². The Morgan fingerprint density at radius 2 is 1.25 bits per heavy atom. The minimum absolute atomic E-state index is 0. The molecule has 18 atom stereocenters. The molecule has 0 saturated carbocycles. The second kappa shape index (κ2) is 35.3. The summed E-state index contributed by atoms with van der Waals surface area (Å²) in [6.45, 7) is -15.9. The Morgan fingerprint density at radius 3 is 1.85 bits per heavy atom. The highest BCUT2D eigenvalue weighted by Crippen LogP contribution is 2.61. The zero-order chi connectivity index (χ0) is 83.3. The maximum atomic E-state index is 17.0. The number of benzene rings is 1. The number of fused-ring (bicyclic) bond motifs is 10. The molecule has 6 aliphatic heterocycles. The van der Waals surface area contributed by atoms with Gasteiger partial charge in [0.25, 0.3) is 17.0 Å². The highest BCUT2D eigenvalue weighted by atomic mass is 32.5. The van der Waals surface area contributed by atoms with E-state index in [1.807, 2.05) is 12.1 Å². The maximum Gasteiger partial charge on any atom is 0.327 e. The number of alkyl halides is 2. The van der Waals surface area contributed by atoms with E-state index >= 15 is 13.2 Å². The van der Waals surface area contributed by atoms with Crippen molar-refractivity contribution < 1.29 is 102 Å². The van der Waals surface area contributed by atoms with Crippen LogP contribution in [-0.2, 0) is 117 Å². The summed E-state index contributed by atoms with van der Waals surface area (Å²) in [5.41, 5.74) is 6.06. The lowest BCUT2D eigenvalue weighted by atomic mass is 9.99. The van der Waals surface area contributed by atoms with Gasteiger partial charge in [0.1, 0.15) is 86.1 Å². The largest absolute Gasteiger partial charge is 0.383 e. The summed E-state index contributed by atoms with van der Waals surface area (Å²) in [5, 5.41) is 23.7. The highest BCUT2D eigenvalue weighted by molar-refractivity contribution is 8.10. The van der Waals surface area contributed by atoms with Crippen molar-refractivity contribution in [2.45, 2.75) is 125 Å². The lowest BCUT2D eigenvalue weighted by Gasteiger charge is -2.35. The Kier molecular flexibility index (Phi) is 26.1. The highest BCUT2D eigenvalue weighted by Gasteiger charge is 2.58. The predicted molar refractivity (Wildman–Crippen MR) is 420 cm³/mol. The SMILES string of the molecule is C#C[C@@]12COP(=S)(OCCC#N)O[C@@H]3[C@H](F)[C@@H](COCP(=S)(OCCC#N)O[C@H]1C[C@H](n1cc(F)c4c(NC(=O)c5ccccc5)ncnc41)O2)O[C@H]3n1cnc2c(=O)[nH]c(NC(=O)C(C)C)nc21.C#C[C@@]12COP(O)(=S)O[C@@H]3[C@H](F)[C@@H](COCP(O)(=S)O[C@H]1C[C@H](n1cc(F)c4c(N)ncnc41)O2)O[C@H]3n1cnc2c(=O)[nH]c(N)nc21.N. The van der Waals surface area contributed by atoms with Gasteiger partial charge in [-0.1, -0.05) is 43.9 Å². The van der Waals surface area contributed by atoms with Crippen LogP contribution in [0.3, 0.4) is 0 Å². The first kappa shape index (κ1) is 87.3. The molecule has 4 unspecified atom stereocenters. The average molecular weight is 1790 g/mol. The monoisotopic (exact) mass is 1790 g/mol. The third kappa shape index (κ3) is 17.8. The van der Waals surface area contributed by atoms with Gasteiger partial charge in [0.05, 0.1) is 88.0 Å². The first-order valence-corrected chi connectivity index (χ1v) is 45.7. The molecule has 0 spiro atoms. The van der Waals surface area contributed by atoms with E-state index in [0.717, 1.165) is 37.7 Å². The molecule has 6 fully saturated rings. The molecule has 15 rings (SSSR count). The van der Waals surface area contributed by atoms with E-state index in [0.29, 0.717) is 5.56 Å². The third-order valence-corrected chi connectivity index (χ3v) is 26.9. The molecule has 53 heteroatoms. The van der Waals surface area contributed by atoms with E-state index in [2.05, 4.69) is 72.3 Å².